The van der Waals surface area contributed by atoms with Crippen molar-refractivity contribution in [2.24, 2.45) is 0 Å². The molecule has 0 fully saturated rings. The number of fused-ring (bicyclic) bond motifs is 3. The minimum Gasteiger partial charge on any atom is -0.493 e. The SMILES string of the molecule is COc1cc2nc3n(c2cc1OC)CCC3. The lowest BCUT2D eigenvalue weighted by atomic mass is 10.2. The van der Waals surface area contributed by atoms with E-state index in [1.807, 2.05) is 12.1 Å². The van der Waals surface area contributed by atoms with Crippen LogP contribution in [0.25, 0.3) is 11.0 Å². The molecule has 4 nitrogen and oxygen atoms in total. The lowest BCUT2D eigenvalue weighted by molar-refractivity contribution is 0.355. The molecule has 0 spiro atoms. The normalized spacial score (nSPS) is 14.1. The zero-order chi connectivity index (χ0) is 11.1. The van der Waals surface area contributed by atoms with Gasteiger partial charge in [-0.3, -0.25) is 0 Å². The van der Waals surface area contributed by atoms with Crippen LogP contribution >= 0.6 is 0 Å². The first-order chi connectivity index (χ1) is 7.83. The molecule has 2 aromatic rings. The van der Waals surface area contributed by atoms with Crippen molar-refractivity contribution in [3.8, 4) is 11.5 Å². The first kappa shape index (κ1) is 9.51. The average molecular weight is 218 g/mol. The Hall–Kier alpha value is -1.71. The van der Waals surface area contributed by atoms with Crippen LogP contribution in [0, 0.1) is 0 Å². The van der Waals surface area contributed by atoms with E-state index in [9.17, 15) is 0 Å². The Morgan fingerprint density at radius 2 is 1.94 bits per heavy atom. The molecule has 1 aliphatic heterocycles. The fourth-order valence-electron chi connectivity index (χ4n) is 2.34. The van der Waals surface area contributed by atoms with E-state index in [-0.39, 0.29) is 0 Å². The molecule has 84 valence electrons. The van der Waals surface area contributed by atoms with Crippen molar-refractivity contribution in [3.63, 3.8) is 0 Å². The molecule has 4 heteroatoms. The van der Waals surface area contributed by atoms with Crippen LogP contribution in [0.3, 0.4) is 0 Å². The van der Waals surface area contributed by atoms with Gasteiger partial charge in [0.15, 0.2) is 11.5 Å². The van der Waals surface area contributed by atoms with Gasteiger partial charge in [-0.25, -0.2) is 4.98 Å². The molecule has 0 unspecified atom stereocenters. The van der Waals surface area contributed by atoms with Crippen LogP contribution in [0.1, 0.15) is 12.2 Å². The molecule has 3 rings (SSSR count). The maximum absolute atomic E-state index is 5.31. The van der Waals surface area contributed by atoms with E-state index in [1.165, 1.54) is 12.2 Å². The lowest BCUT2D eigenvalue weighted by Crippen LogP contribution is -1.94. The number of nitrogens with zero attached hydrogens (tertiary/aromatic N) is 2. The summed E-state index contributed by atoms with van der Waals surface area (Å²) in [5.74, 6) is 2.68. The highest BCUT2D eigenvalue weighted by molar-refractivity contribution is 5.80. The number of aromatic nitrogens is 2. The molecule has 16 heavy (non-hydrogen) atoms. The molecule has 1 aliphatic rings. The van der Waals surface area contributed by atoms with Gasteiger partial charge in [-0.1, -0.05) is 0 Å². The number of hydrogen-bond donors (Lipinski definition) is 0. The Labute approximate surface area is 93.8 Å². The second kappa shape index (κ2) is 3.40. The van der Waals surface area contributed by atoms with Gasteiger partial charge in [-0.2, -0.15) is 0 Å². The molecular weight excluding hydrogens is 204 g/mol. The predicted molar refractivity (Wildman–Crippen MR) is 61.2 cm³/mol. The predicted octanol–water partition coefficient (Wildman–Crippen LogP) is 2.00. The summed E-state index contributed by atoms with van der Waals surface area (Å²) >= 11 is 0. The number of ether oxygens (including phenoxy) is 2. The molecule has 0 atom stereocenters. The van der Waals surface area contributed by atoms with E-state index in [4.69, 9.17) is 9.47 Å². The van der Waals surface area contributed by atoms with Crippen LogP contribution in [-0.2, 0) is 13.0 Å². The summed E-state index contributed by atoms with van der Waals surface area (Å²) < 4.78 is 12.8. The molecule has 2 heterocycles. The standard InChI is InChI=1S/C12H14N2O2/c1-15-10-6-8-9(7-11(10)16-2)14-5-3-4-12(14)13-8/h6-7H,3-5H2,1-2H3. The number of aryl methyl sites for hydroxylation is 2. The van der Waals surface area contributed by atoms with Gasteiger partial charge in [0.05, 0.1) is 25.3 Å². The molecule has 0 radical (unpaired) electrons. The van der Waals surface area contributed by atoms with E-state index in [0.717, 1.165) is 35.5 Å². The van der Waals surface area contributed by atoms with Gasteiger partial charge in [-0.15, -0.1) is 0 Å². The van der Waals surface area contributed by atoms with Gasteiger partial charge < -0.3 is 14.0 Å². The van der Waals surface area contributed by atoms with Crippen molar-refractivity contribution in [2.45, 2.75) is 19.4 Å². The summed E-state index contributed by atoms with van der Waals surface area (Å²) in [6, 6.07) is 3.95. The number of imidazole rings is 1. The summed E-state index contributed by atoms with van der Waals surface area (Å²) in [5.41, 5.74) is 2.14. The van der Waals surface area contributed by atoms with Crippen molar-refractivity contribution >= 4 is 11.0 Å². The summed E-state index contributed by atoms with van der Waals surface area (Å²) in [7, 11) is 3.30. The van der Waals surface area contributed by atoms with E-state index in [2.05, 4.69) is 9.55 Å². The van der Waals surface area contributed by atoms with Crippen LogP contribution in [0.15, 0.2) is 12.1 Å². The van der Waals surface area contributed by atoms with E-state index < -0.39 is 0 Å². The van der Waals surface area contributed by atoms with Crippen LogP contribution in [0.4, 0.5) is 0 Å². The molecular formula is C12H14N2O2. The highest BCUT2D eigenvalue weighted by Crippen LogP contribution is 2.33. The fraction of sp³-hybridized carbons (Fsp3) is 0.417. The Morgan fingerprint density at radius 1 is 1.19 bits per heavy atom. The highest BCUT2D eigenvalue weighted by Gasteiger charge is 2.18. The Bertz CT molecular complexity index is 545. The van der Waals surface area contributed by atoms with Gasteiger partial charge in [-0.05, 0) is 6.42 Å². The maximum Gasteiger partial charge on any atom is 0.163 e. The fourth-order valence-corrected chi connectivity index (χ4v) is 2.34. The Morgan fingerprint density at radius 3 is 2.69 bits per heavy atom. The van der Waals surface area contributed by atoms with E-state index in [0.29, 0.717) is 0 Å². The second-order valence-electron chi connectivity index (χ2n) is 3.98. The van der Waals surface area contributed by atoms with Crippen molar-refractivity contribution in [1.82, 2.24) is 9.55 Å². The summed E-state index contributed by atoms with van der Waals surface area (Å²) in [6.45, 7) is 1.06. The van der Waals surface area contributed by atoms with Gasteiger partial charge in [0.25, 0.3) is 0 Å². The molecule has 0 amide bonds. The molecule has 0 saturated carbocycles. The Balaban J connectivity index is 2.27. The summed E-state index contributed by atoms with van der Waals surface area (Å²) in [5, 5.41) is 0. The third kappa shape index (κ3) is 1.19. The minimum atomic E-state index is 0.742. The van der Waals surface area contributed by atoms with Crippen molar-refractivity contribution in [3.05, 3.63) is 18.0 Å². The van der Waals surface area contributed by atoms with Gasteiger partial charge >= 0.3 is 0 Å². The molecule has 0 N–H and O–H groups in total. The first-order valence-corrected chi connectivity index (χ1v) is 5.44. The number of methoxy groups -OCH3 is 2. The third-order valence-electron chi connectivity index (χ3n) is 3.11. The second-order valence-corrected chi connectivity index (χ2v) is 3.98. The highest BCUT2D eigenvalue weighted by atomic mass is 16.5. The average Bonchev–Trinajstić information content (AvgIpc) is 2.87. The lowest BCUT2D eigenvalue weighted by Gasteiger charge is -2.07. The van der Waals surface area contributed by atoms with Crippen molar-refractivity contribution in [1.29, 1.82) is 0 Å². The quantitative estimate of drug-likeness (QED) is 0.773. The van der Waals surface area contributed by atoms with Gasteiger partial charge in [0.2, 0.25) is 0 Å². The van der Waals surface area contributed by atoms with Crippen LogP contribution in [0.2, 0.25) is 0 Å². The molecule has 0 aliphatic carbocycles. The van der Waals surface area contributed by atoms with E-state index in [1.54, 1.807) is 14.2 Å². The van der Waals surface area contributed by atoms with Crippen molar-refractivity contribution < 1.29 is 9.47 Å². The van der Waals surface area contributed by atoms with Gasteiger partial charge in [0.1, 0.15) is 5.82 Å². The number of rotatable bonds is 2. The topological polar surface area (TPSA) is 36.3 Å². The molecule has 0 saturated heterocycles. The van der Waals surface area contributed by atoms with Crippen LogP contribution < -0.4 is 9.47 Å². The monoisotopic (exact) mass is 218 g/mol. The molecule has 1 aromatic heterocycles. The molecule has 0 bridgehead atoms. The summed E-state index contributed by atoms with van der Waals surface area (Å²) in [6.07, 6.45) is 2.26. The zero-order valence-electron chi connectivity index (χ0n) is 9.49. The largest absolute Gasteiger partial charge is 0.493 e. The first-order valence-electron chi connectivity index (χ1n) is 5.44. The molecule has 1 aromatic carbocycles. The van der Waals surface area contributed by atoms with Crippen LogP contribution in [-0.4, -0.2) is 23.8 Å². The maximum atomic E-state index is 5.31. The Kier molecular flexibility index (Phi) is 2.02. The number of hydrogen-bond acceptors (Lipinski definition) is 3. The smallest absolute Gasteiger partial charge is 0.163 e. The van der Waals surface area contributed by atoms with Crippen molar-refractivity contribution in [2.75, 3.05) is 14.2 Å². The van der Waals surface area contributed by atoms with Gasteiger partial charge in [0, 0.05) is 25.1 Å². The van der Waals surface area contributed by atoms with Crippen LogP contribution in [0.5, 0.6) is 11.5 Å². The summed E-state index contributed by atoms with van der Waals surface area (Å²) in [4.78, 5) is 4.60. The zero-order valence-corrected chi connectivity index (χ0v) is 9.49. The number of benzene rings is 1. The van der Waals surface area contributed by atoms with E-state index >= 15 is 0 Å². The third-order valence-corrected chi connectivity index (χ3v) is 3.11. The minimum absolute atomic E-state index is 0.742.